The number of piperidine rings is 1. The molecule has 2 heterocycles. The molecule has 3 atom stereocenters. The van der Waals surface area contributed by atoms with Gasteiger partial charge in [-0.1, -0.05) is 30.3 Å². The van der Waals surface area contributed by atoms with Crippen molar-refractivity contribution < 1.29 is 9.53 Å². The van der Waals surface area contributed by atoms with E-state index in [0.717, 1.165) is 58.4 Å². The molecular weight excluding hydrogens is 350 g/mol. The van der Waals surface area contributed by atoms with E-state index in [4.69, 9.17) is 4.74 Å². The highest BCUT2D eigenvalue weighted by atomic mass is 16.5. The first-order chi connectivity index (χ1) is 13.7. The van der Waals surface area contributed by atoms with Crippen molar-refractivity contribution in [2.75, 3.05) is 33.3 Å². The van der Waals surface area contributed by atoms with Crippen LogP contribution in [0, 0.1) is 5.92 Å². The molecule has 2 saturated heterocycles. The molecule has 1 amide bonds. The minimum Gasteiger partial charge on any atom is -0.380 e. The van der Waals surface area contributed by atoms with E-state index >= 15 is 0 Å². The molecule has 28 heavy (non-hydrogen) atoms. The highest BCUT2D eigenvalue weighted by Crippen LogP contribution is 2.29. The van der Waals surface area contributed by atoms with E-state index in [1.54, 1.807) is 0 Å². The predicted octanol–water partition coefficient (Wildman–Crippen LogP) is 2.66. The van der Waals surface area contributed by atoms with Gasteiger partial charge in [0.1, 0.15) is 0 Å². The number of methoxy groups -OCH3 is 1. The maximum absolute atomic E-state index is 12.9. The van der Waals surface area contributed by atoms with Gasteiger partial charge in [0.05, 0.1) is 6.10 Å². The summed E-state index contributed by atoms with van der Waals surface area (Å²) in [4.78, 5) is 18.0. The fourth-order valence-corrected chi connectivity index (χ4v) is 5.29. The van der Waals surface area contributed by atoms with Crippen molar-refractivity contribution in [2.45, 2.75) is 63.3 Å². The zero-order chi connectivity index (χ0) is 19.3. The van der Waals surface area contributed by atoms with Crippen LogP contribution in [0.15, 0.2) is 30.3 Å². The zero-order valence-corrected chi connectivity index (χ0v) is 17.2. The van der Waals surface area contributed by atoms with Gasteiger partial charge in [-0.25, -0.2) is 0 Å². The van der Waals surface area contributed by atoms with E-state index in [2.05, 4.69) is 45.4 Å². The smallest absolute Gasteiger partial charge is 0.223 e. The number of amides is 1. The highest BCUT2D eigenvalue weighted by Gasteiger charge is 2.38. The Morgan fingerprint density at radius 2 is 1.86 bits per heavy atom. The van der Waals surface area contributed by atoms with Gasteiger partial charge in [0.2, 0.25) is 5.91 Å². The van der Waals surface area contributed by atoms with Crippen molar-refractivity contribution in [3.8, 4) is 0 Å². The molecule has 5 nitrogen and oxygen atoms in total. The monoisotopic (exact) mass is 385 g/mol. The van der Waals surface area contributed by atoms with Gasteiger partial charge in [-0.05, 0) is 57.2 Å². The van der Waals surface area contributed by atoms with Crippen LogP contribution < -0.4 is 5.32 Å². The second-order valence-electron chi connectivity index (χ2n) is 8.79. The molecule has 1 aromatic carbocycles. The van der Waals surface area contributed by atoms with Gasteiger partial charge in [-0.2, -0.15) is 0 Å². The molecule has 0 radical (unpaired) electrons. The van der Waals surface area contributed by atoms with Gasteiger partial charge in [0.15, 0.2) is 0 Å². The SMILES string of the molecule is COC1CCN([C@@H]2CCC[C@@H]2NC(=O)C2CCN(Cc3ccccc3)CC2)C1. The number of nitrogens with zero attached hydrogens (tertiary/aromatic N) is 2. The summed E-state index contributed by atoms with van der Waals surface area (Å²) in [7, 11) is 1.81. The number of rotatable bonds is 6. The molecule has 154 valence electrons. The summed E-state index contributed by atoms with van der Waals surface area (Å²) in [5.41, 5.74) is 1.36. The first-order valence-electron chi connectivity index (χ1n) is 11.1. The minimum absolute atomic E-state index is 0.179. The molecule has 0 spiro atoms. The van der Waals surface area contributed by atoms with E-state index in [0.29, 0.717) is 24.1 Å². The molecule has 0 aromatic heterocycles. The largest absolute Gasteiger partial charge is 0.380 e. The third kappa shape index (κ3) is 4.76. The second kappa shape index (κ2) is 9.38. The van der Waals surface area contributed by atoms with Gasteiger partial charge >= 0.3 is 0 Å². The molecule has 4 rings (SSSR count). The van der Waals surface area contributed by atoms with Crippen LogP contribution in [-0.2, 0) is 16.1 Å². The average Bonchev–Trinajstić information content (AvgIpc) is 3.38. The number of benzene rings is 1. The summed E-state index contributed by atoms with van der Waals surface area (Å²) >= 11 is 0. The van der Waals surface area contributed by atoms with Crippen LogP contribution in [0.2, 0.25) is 0 Å². The summed E-state index contributed by atoms with van der Waals surface area (Å²) in [6.45, 7) is 5.15. The molecule has 2 aliphatic heterocycles. The molecular formula is C23H35N3O2. The van der Waals surface area contributed by atoms with Gasteiger partial charge in [0, 0.05) is 44.7 Å². The second-order valence-corrected chi connectivity index (χ2v) is 8.79. The summed E-state index contributed by atoms with van der Waals surface area (Å²) in [6.07, 6.45) is 6.99. The lowest BCUT2D eigenvalue weighted by molar-refractivity contribution is -0.127. The lowest BCUT2D eigenvalue weighted by atomic mass is 9.95. The number of hydrogen-bond acceptors (Lipinski definition) is 4. The normalized spacial score (nSPS) is 30.0. The Morgan fingerprint density at radius 3 is 2.57 bits per heavy atom. The topological polar surface area (TPSA) is 44.8 Å². The Balaban J connectivity index is 1.24. The van der Waals surface area contributed by atoms with Crippen LogP contribution in [0.4, 0.5) is 0 Å². The summed E-state index contributed by atoms with van der Waals surface area (Å²) in [5.74, 6) is 0.470. The fraction of sp³-hybridized carbons (Fsp3) is 0.696. The predicted molar refractivity (Wildman–Crippen MR) is 111 cm³/mol. The van der Waals surface area contributed by atoms with Crippen LogP contribution in [-0.4, -0.2) is 67.2 Å². The van der Waals surface area contributed by atoms with Crippen molar-refractivity contribution >= 4 is 5.91 Å². The van der Waals surface area contributed by atoms with Crippen LogP contribution in [0.3, 0.4) is 0 Å². The van der Waals surface area contributed by atoms with Gasteiger partial charge in [-0.15, -0.1) is 0 Å². The van der Waals surface area contributed by atoms with E-state index in [-0.39, 0.29) is 5.92 Å². The Morgan fingerprint density at radius 1 is 1.07 bits per heavy atom. The number of carbonyl (C=O) groups excluding carboxylic acids is 1. The number of carbonyl (C=O) groups is 1. The van der Waals surface area contributed by atoms with Crippen LogP contribution in [0.5, 0.6) is 0 Å². The number of hydrogen-bond donors (Lipinski definition) is 1. The Labute approximate surface area is 169 Å². The molecule has 1 unspecified atom stereocenters. The minimum atomic E-state index is 0.179. The average molecular weight is 386 g/mol. The summed E-state index contributed by atoms with van der Waals surface area (Å²) in [6, 6.07) is 11.5. The van der Waals surface area contributed by atoms with Crippen LogP contribution >= 0.6 is 0 Å². The van der Waals surface area contributed by atoms with Crippen molar-refractivity contribution in [3.63, 3.8) is 0 Å². The van der Waals surface area contributed by atoms with Gasteiger partial charge < -0.3 is 10.1 Å². The third-order valence-corrected chi connectivity index (χ3v) is 6.99. The molecule has 1 aliphatic carbocycles. The molecule has 1 N–H and O–H groups in total. The number of likely N-dealkylation sites (tertiary alicyclic amines) is 2. The first-order valence-corrected chi connectivity index (χ1v) is 11.1. The quantitative estimate of drug-likeness (QED) is 0.818. The molecule has 5 heteroatoms. The number of nitrogens with one attached hydrogen (secondary N) is 1. The van der Waals surface area contributed by atoms with Gasteiger partial charge in [-0.3, -0.25) is 14.6 Å². The Bertz CT molecular complexity index is 630. The van der Waals surface area contributed by atoms with Crippen LogP contribution in [0.1, 0.15) is 44.1 Å². The van der Waals surface area contributed by atoms with Gasteiger partial charge in [0.25, 0.3) is 0 Å². The molecule has 0 bridgehead atoms. The van der Waals surface area contributed by atoms with Crippen LogP contribution in [0.25, 0.3) is 0 Å². The summed E-state index contributed by atoms with van der Waals surface area (Å²) in [5, 5.41) is 3.43. The van der Waals surface area contributed by atoms with Crippen molar-refractivity contribution in [2.24, 2.45) is 5.92 Å². The highest BCUT2D eigenvalue weighted by molar-refractivity contribution is 5.79. The standard InChI is InChI=1S/C23H35N3O2/c1-28-20-12-15-26(17-20)22-9-5-8-21(22)24-23(27)19-10-13-25(14-11-19)16-18-6-3-2-4-7-18/h2-4,6-7,19-22H,5,8-17H2,1H3,(H,24,27)/t20?,21-,22+/m0/s1. The Kier molecular flexibility index (Phi) is 6.65. The van der Waals surface area contributed by atoms with E-state index in [1.807, 2.05) is 7.11 Å². The van der Waals surface area contributed by atoms with Crippen molar-refractivity contribution in [1.82, 2.24) is 15.1 Å². The third-order valence-electron chi connectivity index (χ3n) is 6.99. The van der Waals surface area contributed by atoms with E-state index < -0.39 is 0 Å². The maximum atomic E-state index is 12.9. The molecule has 1 aromatic rings. The first kappa shape index (κ1) is 19.9. The number of ether oxygens (including phenoxy) is 1. The molecule has 3 aliphatic rings. The lowest BCUT2D eigenvalue weighted by Gasteiger charge is -2.34. The lowest BCUT2D eigenvalue weighted by Crippen LogP contribution is -2.50. The maximum Gasteiger partial charge on any atom is 0.223 e. The van der Waals surface area contributed by atoms with Crippen molar-refractivity contribution in [1.29, 1.82) is 0 Å². The zero-order valence-electron chi connectivity index (χ0n) is 17.2. The fourth-order valence-electron chi connectivity index (χ4n) is 5.29. The Hall–Kier alpha value is -1.43. The molecule has 3 fully saturated rings. The summed E-state index contributed by atoms with van der Waals surface area (Å²) < 4.78 is 5.53. The van der Waals surface area contributed by atoms with E-state index in [1.165, 1.54) is 18.4 Å². The van der Waals surface area contributed by atoms with Crippen molar-refractivity contribution in [3.05, 3.63) is 35.9 Å². The molecule has 1 saturated carbocycles. The van der Waals surface area contributed by atoms with E-state index in [9.17, 15) is 4.79 Å².